The lowest BCUT2D eigenvalue weighted by molar-refractivity contribution is 0.293. The number of nitrogens with zero attached hydrogens (tertiary/aromatic N) is 2. The zero-order valence-electron chi connectivity index (χ0n) is 12.4. The molecule has 0 aliphatic carbocycles. The van der Waals surface area contributed by atoms with Crippen LogP contribution in [0.5, 0.6) is 5.88 Å². The Morgan fingerprint density at radius 2 is 1.87 bits per heavy atom. The fourth-order valence-electron chi connectivity index (χ4n) is 2.08. The average Bonchev–Trinajstić information content (AvgIpc) is 2.60. The van der Waals surface area contributed by atoms with Crippen LogP contribution >= 0.6 is 15.9 Å². The second-order valence-electron chi connectivity index (χ2n) is 5.02. The molecule has 0 aliphatic heterocycles. The van der Waals surface area contributed by atoms with Gasteiger partial charge in [0.25, 0.3) is 0 Å². The fourth-order valence-corrected chi connectivity index (χ4v) is 2.45. The van der Waals surface area contributed by atoms with E-state index >= 15 is 0 Å². The Hall–Kier alpha value is -2.40. The molecule has 0 fully saturated rings. The summed E-state index contributed by atoms with van der Waals surface area (Å²) in [5, 5.41) is 3.33. The maximum Gasteiger partial charge on any atom is 0.213 e. The van der Waals surface area contributed by atoms with Crippen molar-refractivity contribution in [1.82, 2.24) is 9.97 Å². The number of rotatable bonds is 6. The van der Waals surface area contributed by atoms with E-state index in [9.17, 15) is 0 Å². The summed E-state index contributed by atoms with van der Waals surface area (Å²) in [6, 6.07) is 16.0. The van der Waals surface area contributed by atoms with Gasteiger partial charge in [0.05, 0.1) is 11.9 Å². The molecule has 0 spiro atoms. The molecule has 23 heavy (non-hydrogen) atoms. The van der Waals surface area contributed by atoms with Gasteiger partial charge in [-0.1, -0.05) is 30.3 Å². The van der Waals surface area contributed by atoms with Gasteiger partial charge in [-0.15, -0.1) is 0 Å². The molecule has 0 unspecified atom stereocenters. The Balaban J connectivity index is 1.59. The van der Waals surface area contributed by atoms with Gasteiger partial charge in [-0.2, -0.15) is 0 Å². The lowest BCUT2D eigenvalue weighted by Gasteiger charge is -2.09. The molecule has 0 saturated carbocycles. The normalized spacial score (nSPS) is 10.3. The predicted octanol–water partition coefficient (Wildman–Crippen LogP) is 4.43. The number of hydrogen-bond acceptors (Lipinski definition) is 4. The van der Waals surface area contributed by atoms with Crippen molar-refractivity contribution in [2.75, 3.05) is 5.32 Å². The molecule has 3 aromatic rings. The van der Waals surface area contributed by atoms with Gasteiger partial charge in [0.2, 0.25) is 5.88 Å². The van der Waals surface area contributed by atoms with Crippen molar-refractivity contribution in [3.05, 3.63) is 82.7 Å². The van der Waals surface area contributed by atoms with E-state index in [1.54, 1.807) is 18.6 Å². The molecular formula is C18H16BrN3O. The third-order valence-corrected chi connectivity index (χ3v) is 3.66. The van der Waals surface area contributed by atoms with Crippen LogP contribution in [0.1, 0.15) is 11.1 Å². The lowest BCUT2D eigenvalue weighted by atomic mass is 10.2. The Morgan fingerprint density at radius 1 is 1.00 bits per heavy atom. The van der Waals surface area contributed by atoms with Crippen molar-refractivity contribution in [3.63, 3.8) is 0 Å². The molecule has 0 bridgehead atoms. The summed E-state index contributed by atoms with van der Waals surface area (Å²) in [4.78, 5) is 8.38. The SMILES string of the molecule is Brc1cncc(NCc2ccnc(OCc3ccccc3)c2)c1. The first-order valence-electron chi connectivity index (χ1n) is 7.26. The Morgan fingerprint density at radius 3 is 2.70 bits per heavy atom. The van der Waals surface area contributed by atoms with Gasteiger partial charge < -0.3 is 10.1 Å². The number of aromatic nitrogens is 2. The summed E-state index contributed by atoms with van der Waals surface area (Å²) in [7, 11) is 0. The van der Waals surface area contributed by atoms with Crippen LogP contribution in [0.15, 0.2) is 71.6 Å². The number of halogens is 1. The Bertz CT molecular complexity index is 765. The summed E-state index contributed by atoms with van der Waals surface area (Å²) in [6.45, 7) is 1.20. The van der Waals surface area contributed by atoms with Gasteiger partial charge >= 0.3 is 0 Å². The van der Waals surface area contributed by atoms with E-state index in [2.05, 4.69) is 31.2 Å². The first-order chi connectivity index (χ1) is 11.3. The molecule has 0 atom stereocenters. The van der Waals surface area contributed by atoms with E-state index in [1.165, 1.54) is 0 Å². The smallest absolute Gasteiger partial charge is 0.213 e. The van der Waals surface area contributed by atoms with Crippen molar-refractivity contribution in [1.29, 1.82) is 0 Å². The maximum atomic E-state index is 5.75. The molecule has 1 aromatic carbocycles. The number of ether oxygens (including phenoxy) is 1. The summed E-state index contributed by atoms with van der Waals surface area (Å²) < 4.78 is 6.69. The molecule has 0 amide bonds. The summed E-state index contributed by atoms with van der Waals surface area (Å²) in [5.41, 5.74) is 3.18. The molecule has 5 heteroatoms. The van der Waals surface area contributed by atoms with Gasteiger partial charge in [0, 0.05) is 29.5 Å². The molecule has 2 heterocycles. The monoisotopic (exact) mass is 369 g/mol. The van der Waals surface area contributed by atoms with Crippen LogP contribution in [-0.2, 0) is 13.2 Å². The fraction of sp³-hybridized carbons (Fsp3) is 0.111. The van der Waals surface area contributed by atoms with E-state index in [0.717, 1.165) is 21.3 Å². The van der Waals surface area contributed by atoms with Gasteiger partial charge in [-0.3, -0.25) is 4.98 Å². The minimum atomic E-state index is 0.514. The molecule has 3 rings (SSSR count). The van der Waals surface area contributed by atoms with E-state index < -0.39 is 0 Å². The van der Waals surface area contributed by atoms with E-state index in [4.69, 9.17) is 4.74 Å². The maximum absolute atomic E-state index is 5.75. The van der Waals surface area contributed by atoms with Crippen LogP contribution < -0.4 is 10.1 Å². The van der Waals surface area contributed by atoms with E-state index in [1.807, 2.05) is 48.5 Å². The highest BCUT2D eigenvalue weighted by molar-refractivity contribution is 9.10. The van der Waals surface area contributed by atoms with Gasteiger partial charge in [-0.25, -0.2) is 4.98 Å². The average molecular weight is 370 g/mol. The summed E-state index contributed by atoms with van der Waals surface area (Å²) in [6.07, 6.45) is 5.31. The third-order valence-electron chi connectivity index (χ3n) is 3.23. The zero-order valence-corrected chi connectivity index (χ0v) is 14.0. The second-order valence-corrected chi connectivity index (χ2v) is 5.94. The number of hydrogen-bond donors (Lipinski definition) is 1. The standard InChI is InChI=1S/C18H16BrN3O/c19-16-9-17(12-20-11-16)22-10-15-6-7-21-18(8-15)23-13-14-4-2-1-3-5-14/h1-9,11-12,22H,10,13H2. The highest BCUT2D eigenvalue weighted by atomic mass is 79.9. The molecular weight excluding hydrogens is 354 g/mol. The van der Waals surface area contributed by atoms with Crippen molar-refractivity contribution in [3.8, 4) is 5.88 Å². The first-order valence-corrected chi connectivity index (χ1v) is 8.05. The van der Waals surface area contributed by atoms with Crippen molar-refractivity contribution in [2.24, 2.45) is 0 Å². The Kier molecular flexibility index (Phi) is 5.21. The quantitative estimate of drug-likeness (QED) is 0.697. The van der Waals surface area contributed by atoms with Crippen molar-refractivity contribution in [2.45, 2.75) is 13.2 Å². The van der Waals surface area contributed by atoms with Gasteiger partial charge in [0.15, 0.2) is 0 Å². The highest BCUT2D eigenvalue weighted by Crippen LogP contribution is 2.16. The van der Waals surface area contributed by atoms with Crippen molar-refractivity contribution >= 4 is 21.6 Å². The molecule has 0 radical (unpaired) electrons. The predicted molar refractivity (Wildman–Crippen MR) is 94.3 cm³/mol. The number of benzene rings is 1. The van der Waals surface area contributed by atoms with Crippen molar-refractivity contribution < 1.29 is 4.74 Å². The Labute approximate surface area is 143 Å². The van der Waals surface area contributed by atoms with Gasteiger partial charge in [0.1, 0.15) is 6.61 Å². The van der Waals surface area contributed by atoms with Gasteiger partial charge in [-0.05, 0) is 39.2 Å². The summed E-state index contributed by atoms with van der Waals surface area (Å²) in [5.74, 6) is 0.625. The molecule has 0 aliphatic rings. The number of nitrogens with one attached hydrogen (secondary N) is 1. The molecule has 0 saturated heterocycles. The molecule has 1 N–H and O–H groups in total. The number of anilines is 1. The van der Waals surface area contributed by atoms with E-state index in [-0.39, 0.29) is 0 Å². The van der Waals surface area contributed by atoms with Crippen LogP contribution in [-0.4, -0.2) is 9.97 Å². The minimum absolute atomic E-state index is 0.514. The van der Waals surface area contributed by atoms with Crippen LogP contribution in [0.3, 0.4) is 0 Å². The lowest BCUT2D eigenvalue weighted by Crippen LogP contribution is -2.02. The van der Waals surface area contributed by atoms with E-state index in [0.29, 0.717) is 19.0 Å². The number of pyridine rings is 2. The van der Waals surface area contributed by atoms with Crippen LogP contribution in [0.4, 0.5) is 5.69 Å². The first kappa shape index (κ1) is 15.5. The highest BCUT2D eigenvalue weighted by Gasteiger charge is 2.01. The molecule has 2 aromatic heterocycles. The van der Waals surface area contributed by atoms with Crippen LogP contribution in [0, 0.1) is 0 Å². The zero-order chi connectivity index (χ0) is 15.9. The molecule has 116 valence electrons. The largest absolute Gasteiger partial charge is 0.473 e. The molecule has 4 nitrogen and oxygen atoms in total. The van der Waals surface area contributed by atoms with Crippen LogP contribution in [0.2, 0.25) is 0 Å². The topological polar surface area (TPSA) is 47.0 Å². The summed E-state index contributed by atoms with van der Waals surface area (Å²) >= 11 is 3.41. The third kappa shape index (κ3) is 4.79. The second kappa shape index (κ2) is 7.74. The minimum Gasteiger partial charge on any atom is -0.473 e. The van der Waals surface area contributed by atoms with Crippen LogP contribution in [0.25, 0.3) is 0 Å².